The van der Waals surface area contributed by atoms with Gasteiger partial charge in [-0.05, 0) is 24.3 Å². The smallest absolute Gasteiger partial charge is 1.00 e. The second-order valence-electron chi connectivity index (χ2n) is 5.46. The second kappa shape index (κ2) is 27.5. The number of hydrogen-bond donors (Lipinski definition) is 2. The fourth-order valence-electron chi connectivity index (χ4n) is 1.93. The van der Waals surface area contributed by atoms with Crippen LogP contribution in [0.2, 0.25) is 0 Å². The molecule has 0 aliphatic carbocycles. The van der Waals surface area contributed by atoms with Crippen molar-refractivity contribution in [1.29, 1.82) is 5.26 Å². The molecule has 0 bridgehead atoms. The third-order valence-corrected chi connectivity index (χ3v) is 4.03. The van der Waals surface area contributed by atoms with E-state index in [1.54, 1.807) is 18.5 Å². The van der Waals surface area contributed by atoms with Crippen LogP contribution in [0.1, 0.15) is 17.1 Å². The molecule has 3 N–H and O–H groups in total. The molecular formula is C19H29BrMgN5O4P3. The summed E-state index contributed by atoms with van der Waals surface area (Å²) in [6.45, 7) is 1.51. The topological polar surface area (TPSA) is 129 Å². The molecule has 14 heteroatoms. The van der Waals surface area contributed by atoms with Gasteiger partial charge in [0.15, 0.2) is 0 Å². The summed E-state index contributed by atoms with van der Waals surface area (Å²) in [5, 5.41) is 8.57. The number of nitrogens with zero attached hydrogens (tertiary/aromatic N) is 3. The molecule has 3 unspecified atom stereocenters. The van der Waals surface area contributed by atoms with Crippen LogP contribution in [0.5, 0.6) is 0 Å². The van der Waals surface area contributed by atoms with E-state index in [0.29, 0.717) is 25.0 Å². The van der Waals surface area contributed by atoms with Crippen molar-refractivity contribution in [3.63, 3.8) is 0 Å². The molecule has 3 aromatic heterocycles. The number of rotatable bonds is 8. The molecule has 0 radical (unpaired) electrons. The van der Waals surface area contributed by atoms with E-state index in [0.717, 1.165) is 18.7 Å². The molecule has 3 rings (SSSR count). The summed E-state index contributed by atoms with van der Waals surface area (Å²) in [6, 6.07) is 13.3. The van der Waals surface area contributed by atoms with Crippen molar-refractivity contribution in [1.82, 2.24) is 14.6 Å². The van der Waals surface area contributed by atoms with Crippen LogP contribution in [0.3, 0.4) is 0 Å². The van der Waals surface area contributed by atoms with Crippen LogP contribution >= 0.6 is 28.4 Å². The predicted octanol–water partition coefficient (Wildman–Crippen LogP) is -0.954. The van der Waals surface area contributed by atoms with E-state index < -0.39 is 0 Å². The predicted molar refractivity (Wildman–Crippen MR) is 136 cm³/mol. The first-order valence-electron chi connectivity index (χ1n) is 9.02. The van der Waals surface area contributed by atoms with Crippen molar-refractivity contribution in [3.8, 4) is 6.07 Å². The quantitative estimate of drug-likeness (QED) is 0.150. The Labute approximate surface area is 228 Å². The number of H-pyrrole nitrogens is 1. The Balaban J connectivity index is -0.000000380. The zero-order valence-corrected chi connectivity index (χ0v) is 24.6. The molecule has 0 aromatic carbocycles. The number of aromatic amines is 1. The zero-order valence-electron chi connectivity index (χ0n) is 18.2. The third-order valence-electron chi connectivity index (χ3n) is 3.36. The summed E-state index contributed by atoms with van der Waals surface area (Å²) in [4.78, 5) is 16.1. The maximum Gasteiger partial charge on any atom is 2.00 e. The van der Waals surface area contributed by atoms with Crippen molar-refractivity contribution in [2.45, 2.75) is 12.8 Å². The van der Waals surface area contributed by atoms with E-state index >= 15 is 0 Å². The molecule has 3 heterocycles. The minimum Gasteiger partial charge on any atom is -1.00 e. The van der Waals surface area contributed by atoms with Crippen LogP contribution in [0, 0.1) is 11.3 Å². The number of hydrogen-bond acceptors (Lipinski definition) is 6. The van der Waals surface area contributed by atoms with E-state index in [1.165, 1.54) is 10.4 Å². The maximum atomic E-state index is 9.27. The van der Waals surface area contributed by atoms with Crippen LogP contribution in [-0.4, -0.2) is 58.8 Å². The van der Waals surface area contributed by atoms with Crippen molar-refractivity contribution < 1.29 is 35.3 Å². The zero-order chi connectivity index (χ0) is 23.2. The van der Waals surface area contributed by atoms with E-state index in [-0.39, 0.29) is 46.6 Å². The van der Waals surface area contributed by atoms with Crippen LogP contribution in [0.4, 0.5) is 0 Å². The van der Waals surface area contributed by atoms with Crippen molar-refractivity contribution in [2.75, 3.05) is 25.7 Å². The van der Waals surface area contributed by atoms with Gasteiger partial charge in [-0.1, -0.05) is 12.1 Å². The van der Waals surface area contributed by atoms with Crippen LogP contribution < -0.4 is 27.8 Å². The Morgan fingerprint density at radius 1 is 1.06 bits per heavy atom. The van der Waals surface area contributed by atoms with E-state index in [1.807, 2.05) is 52.1 Å². The van der Waals surface area contributed by atoms with Gasteiger partial charge in [0.25, 0.3) is 0 Å². The molecule has 0 aliphatic heterocycles. The van der Waals surface area contributed by atoms with Gasteiger partial charge in [-0.2, -0.15) is 17.7 Å². The monoisotopic (exact) mass is 587 g/mol. The summed E-state index contributed by atoms with van der Waals surface area (Å²) < 4.78 is 15.2. The number of carbonyl (C=O) groups is 1. The Hall–Kier alpha value is -0.784. The van der Waals surface area contributed by atoms with E-state index in [4.69, 9.17) is 20.2 Å². The Kier molecular flexibility index (Phi) is 30.6. The number of nitriles is 1. The first kappa shape index (κ1) is 36.8. The number of aldehydes is 1. The molecule has 33 heavy (non-hydrogen) atoms. The minimum atomic E-state index is 0. The number of halogens is 1. The van der Waals surface area contributed by atoms with Crippen LogP contribution in [0.15, 0.2) is 55.0 Å². The summed E-state index contributed by atoms with van der Waals surface area (Å²) in [5.41, 5.74) is 2.58. The molecule has 3 atom stereocenters. The largest absolute Gasteiger partial charge is 2.00 e. The third kappa shape index (κ3) is 20.3. The van der Waals surface area contributed by atoms with E-state index in [2.05, 4.69) is 33.4 Å². The molecule has 0 amide bonds. The molecule has 0 spiro atoms. The minimum absolute atomic E-state index is 0. The number of carbonyl (C=O) groups excluding carboxylic acids is 1. The molecule has 3 aromatic rings. The Morgan fingerprint density at radius 2 is 1.70 bits per heavy atom. The van der Waals surface area contributed by atoms with Gasteiger partial charge in [0, 0.05) is 58.8 Å². The van der Waals surface area contributed by atoms with E-state index in [9.17, 15) is 4.79 Å². The van der Waals surface area contributed by atoms with Crippen molar-refractivity contribution in [3.05, 3.63) is 72.1 Å². The summed E-state index contributed by atoms with van der Waals surface area (Å²) in [5.74, 6) is 5.59. The molecule has 0 saturated carbocycles. The van der Waals surface area contributed by atoms with Gasteiger partial charge in [-0.25, -0.2) is 0 Å². The number of nitrogens with two attached hydrogens (primary N) is 1. The van der Waals surface area contributed by atoms with Crippen LogP contribution in [-0.2, 0) is 31.2 Å². The van der Waals surface area contributed by atoms with Gasteiger partial charge in [0.2, 0.25) is 0 Å². The molecule has 0 aliphatic rings. The summed E-state index contributed by atoms with van der Waals surface area (Å²) in [7, 11) is 6.37. The van der Waals surface area contributed by atoms with Crippen LogP contribution in [0.25, 0.3) is 0 Å². The first-order chi connectivity index (χ1) is 15.1. The molecule has 0 fully saturated rings. The maximum absolute atomic E-state index is 9.27. The van der Waals surface area contributed by atoms with Crippen molar-refractivity contribution >= 4 is 57.7 Å². The fourth-order valence-corrected chi connectivity index (χ4v) is 2.24. The summed E-state index contributed by atoms with van der Waals surface area (Å²) in [6.07, 6.45) is 7.77. The van der Waals surface area contributed by atoms with Gasteiger partial charge < -0.3 is 51.2 Å². The van der Waals surface area contributed by atoms with Gasteiger partial charge in [0.05, 0.1) is 13.2 Å². The van der Waals surface area contributed by atoms with Gasteiger partial charge in [0.1, 0.15) is 24.7 Å². The second-order valence-corrected chi connectivity index (χ2v) is 6.46. The Bertz CT molecular complexity index is 801. The molecular weight excluding hydrogens is 559 g/mol. The molecule has 9 nitrogen and oxygen atoms in total. The fraction of sp³-hybridized carbons (Fsp3) is 0.263. The average Bonchev–Trinajstić information content (AvgIpc) is 3.57. The number of aromatic nitrogens is 3. The van der Waals surface area contributed by atoms with Gasteiger partial charge in [-0.3, -0.25) is 4.68 Å². The number of nitrogens with one attached hydrogen (secondary N) is 1. The molecule has 178 valence electrons. The molecule has 0 saturated heterocycles. The average molecular weight is 589 g/mol. The van der Waals surface area contributed by atoms with Gasteiger partial charge in [-0.15, -0.1) is 0 Å². The SMILES string of the molecule is N#Cc1ccc(CCOP)n1N.O=CCOP.POCCc1ccc[nH]1.[Br-].[Mg+2].c1cc[n-]c1. The summed E-state index contributed by atoms with van der Waals surface area (Å²) >= 11 is 0. The standard InChI is InChI=1S/C7H10N3OP.C6H10NOP.C4H4N.C2H5O2P.BrH.Mg/c8-5-7-2-1-6(10(7)9)3-4-11-12;9-8-5-3-6-2-1-4-7-6;1-2-4-5-3-1;3-1-2-4-5;;/h1-2H,3-4,9,12H2;1-2,4,7H,3,5,9H2;1-4H;1H,2,5H2;1H;/q;;-1;;;+2/p-1. The normalized spacial score (nSPS) is 8.55. The first-order valence-corrected chi connectivity index (χ1v) is 10.4. The number of nitrogen functional groups attached to an aromatic ring is 1. The van der Waals surface area contributed by atoms with Crippen molar-refractivity contribution in [2.24, 2.45) is 0 Å². The Morgan fingerprint density at radius 3 is 2.06 bits per heavy atom. The van der Waals surface area contributed by atoms with Gasteiger partial charge >= 0.3 is 23.1 Å².